The molecule has 0 unspecified atom stereocenters. The highest BCUT2D eigenvalue weighted by Crippen LogP contribution is 2.30. The monoisotopic (exact) mass is 227 g/mol. The van der Waals surface area contributed by atoms with Crippen molar-refractivity contribution in [3.63, 3.8) is 0 Å². The molecule has 0 amide bonds. The Balaban J connectivity index is 2.93. The molecule has 0 saturated heterocycles. The predicted molar refractivity (Wildman–Crippen MR) is 56.3 cm³/mol. The number of halogens is 1. The zero-order valence-electron chi connectivity index (χ0n) is 7.24. The molecule has 0 aliphatic carbocycles. The Morgan fingerprint density at radius 1 is 1.64 bits per heavy atom. The van der Waals surface area contributed by atoms with Crippen LogP contribution >= 0.6 is 22.9 Å². The summed E-state index contributed by atoms with van der Waals surface area (Å²) in [6.45, 7) is 1.70. The molecule has 0 radical (unpaired) electrons. The Hall–Kier alpha value is -1.13. The number of rotatable bonds is 1. The Morgan fingerprint density at radius 2 is 2.36 bits per heavy atom. The maximum atomic E-state index is 11.0. The molecule has 3 nitrogen and oxygen atoms in total. The van der Waals surface area contributed by atoms with Crippen molar-refractivity contribution in [3.05, 3.63) is 27.7 Å². The third kappa shape index (κ3) is 1.27. The van der Waals surface area contributed by atoms with Crippen LogP contribution in [-0.2, 0) is 0 Å². The predicted octanol–water partition coefficient (Wildman–Crippen LogP) is 2.96. The summed E-state index contributed by atoms with van der Waals surface area (Å²) in [5.41, 5.74) is 0.703. The first kappa shape index (κ1) is 9.43. The van der Waals surface area contributed by atoms with Crippen LogP contribution in [0.25, 0.3) is 10.2 Å². The minimum atomic E-state index is -1.01. The lowest BCUT2D eigenvalue weighted by atomic mass is 10.1. The van der Waals surface area contributed by atoms with Gasteiger partial charge in [0.15, 0.2) is 0 Å². The number of aromatic nitrogens is 1. The lowest BCUT2D eigenvalue weighted by Crippen LogP contribution is -2.00. The van der Waals surface area contributed by atoms with Crippen LogP contribution in [0.2, 0.25) is 5.02 Å². The van der Waals surface area contributed by atoms with Crippen molar-refractivity contribution >= 4 is 39.1 Å². The van der Waals surface area contributed by atoms with Gasteiger partial charge >= 0.3 is 5.97 Å². The summed E-state index contributed by atoms with van der Waals surface area (Å²) < 4.78 is 0. The van der Waals surface area contributed by atoms with E-state index in [9.17, 15) is 4.79 Å². The van der Waals surface area contributed by atoms with Gasteiger partial charge in [-0.05, 0) is 18.4 Å². The summed E-state index contributed by atoms with van der Waals surface area (Å²) in [5, 5.41) is 11.6. The van der Waals surface area contributed by atoms with Gasteiger partial charge < -0.3 is 5.11 Å². The lowest BCUT2D eigenvalue weighted by Gasteiger charge is -2.03. The molecule has 0 aliphatic heterocycles. The number of aryl methyl sites for hydroxylation is 1. The van der Waals surface area contributed by atoms with Gasteiger partial charge in [-0.2, -0.15) is 0 Å². The molecular formula is C9H6ClNO2S. The van der Waals surface area contributed by atoms with Crippen LogP contribution < -0.4 is 0 Å². The average Bonchev–Trinajstić information content (AvgIpc) is 2.52. The van der Waals surface area contributed by atoms with E-state index in [0.29, 0.717) is 15.9 Å². The van der Waals surface area contributed by atoms with E-state index in [-0.39, 0.29) is 10.6 Å². The van der Waals surface area contributed by atoms with Crippen LogP contribution in [0.1, 0.15) is 16.1 Å². The van der Waals surface area contributed by atoms with Crippen LogP contribution in [0.4, 0.5) is 0 Å². The number of nitrogens with zero attached hydrogens (tertiary/aromatic N) is 1. The van der Waals surface area contributed by atoms with E-state index in [1.54, 1.807) is 18.4 Å². The molecule has 0 aliphatic rings. The summed E-state index contributed by atoms with van der Waals surface area (Å²) in [7, 11) is 0. The van der Waals surface area contributed by atoms with Crippen LogP contribution in [0.3, 0.4) is 0 Å². The van der Waals surface area contributed by atoms with E-state index >= 15 is 0 Å². The van der Waals surface area contributed by atoms with Gasteiger partial charge in [-0.25, -0.2) is 9.78 Å². The average molecular weight is 228 g/mol. The van der Waals surface area contributed by atoms with Crippen molar-refractivity contribution in [1.82, 2.24) is 4.98 Å². The fourth-order valence-corrected chi connectivity index (χ4v) is 2.33. The summed E-state index contributed by atoms with van der Waals surface area (Å²) >= 11 is 7.29. The second kappa shape index (κ2) is 3.22. The number of hydrogen-bond acceptors (Lipinski definition) is 3. The molecule has 2 heterocycles. The highest BCUT2D eigenvalue weighted by Gasteiger charge is 2.17. The molecule has 14 heavy (non-hydrogen) atoms. The molecule has 2 aromatic rings. The Bertz CT molecular complexity index is 521. The number of hydrogen-bond donors (Lipinski definition) is 1. The van der Waals surface area contributed by atoms with Gasteiger partial charge in [0.1, 0.15) is 4.83 Å². The molecule has 0 atom stereocenters. The van der Waals surface area contributed by atoms with Gasteiger partial charge in [0.25, 0.3) is 0 Å². The van der Waals surface area contributed by atoms with Gasteiger partial charge in [0, 0.05) is 5.39 Å². The number of carboxylic acid groups (broad SMARTS) is 1. The summed E-state index contributed by atoms with van der Waals surface area (Å²) in [5.74, 6) is -1.01. The standard InChI is InChI=1S/C9H6ClNO2S/c1-4-7(10)6(9(12)13)5-2-3-14-8(5)11-4/h2-3H,1H3,(H,12,13). The molecule has 72 valence electrons. The SMILES string of the molecule is Cc1nc2sccc2c(C(=O)O)c1Cl. The van der Waals surface area contributed by atoms with Crippen molar-refractivity contribution in [2.24, 2.45) is 0 Å². The molecular weight excluding hydrogens is 222 g/mol. The maximum absolute atomic E-state index is 11.0. The first-order valence-electron chi connectivity index (χ1n) is 3.88. The Labute approximate surface area is 89.0 Å². The highest BCUT2D eigenvalue weighted by molar-refractivity contribution is 7.16. The second-order valence-electron chi connectivity index (χ2n) is 2.83. The molecule has 2 aromatic heterocycles. The minimum absolute atomic E-state index is 0.149. The first-order chi connectivity index (χ1) is 6.61. The normalized spacial score (nSPS) is 10.7. The van der Waals surface area contributed by atoms with Crippen molar-refractivity contribution < 1.29 is 9.90 Å². The molecule has 0 aromatic carbocycles. The fraction of sp³-hybridized carbons (Fsp3) is 0.111. The molecule has 0 fully saturated rings. The summed E-state index contributed by atoms with van der Waals surface area (Å²) in [4.78, 5) is 15.9. The minimum Gasteiger partial charge on any atom is -0.478 e. The smallest absolute Gasteiger partial charge is 0.338 e. The molecule has 1 N–H and O–H groups in total. The quantitative estimate of drug-likeness (QED) is 0.815. The molecule has 2 rings (SSSR count). The number of fused-ring (bicyclic) bond motifs is 1. The molecule has 0 bridgehead atoms. The van der Waals surface area contributed by atoms with Crippen LogP contribution in [0, 0.1) is 6.92 Å². The van der Waals surface area contributed by atoms with E-state index in [2.05, 4.69) is 4.98 Å². The highest BCUT2D eigenvalue weighted by atomic mass is 35.5. The zero-order chi connectivity index (χ0) is 10.3. The van der Waals surface area contributed by atoms with E-state index in [1.165, 1.54) is 11.3 Å². The van der Waals surface area contributed by atoms with Crippen molar-refractivity contribution in [2.45, 2.75) is 6.92 Å². The molecule has 0 saturated carbocycles. The number of aromatic carboxylic acids is 1. The van der Waals surface area contributed by atoms with Gasteiger partial charge in [-0.1, -0.05) is 11.6 Å². The van der Waals surface area contributed by atoms with Gasteiger partial charge in [-0.3, -0.25) is 0 Å². The van der Waals surface area contributed by atoms with E-state index in [0.717, 1.165) is 0 Å². The topological polar surface area (TPSA) is 50.2 Å². The molecule has 5 heteroatoms. The van der Waals surface area contributed by atoms with Crippen molar-refractivity contribution in [2.75, 3.05) is 0 Å². The van der Waals surface area contributed by atoms with Gasteiger partial charge in [-0.15, -0.1) is 11.3 Å². The second-order valence-corrected chi connectivity index (χ2v) is 4.10. The summed E-state index contributed by atoms with van der Waals surface area (Å²) in [6, 6.07) is 1.72. The lowest BCUT2D eigenvalue weighted by molar-refractivity contribution is 0.0699. The Morgan fingerprint density at radius 3 is 3.00 bits per heavy atom. The van der Waals surface area contributed by atoms with Crippen molar-refractivity contribution in [1.29, 1.82) is 0 Å². The maximum Gasteiger partial charge on any atom is 0.338 e. The number of pyridine rings is 1. The van der Waals surface area contributed by atoms with Gasteiger partial charge in [0.2, 0.25) is 0 Å². The zero-order valence-corrected chi connectivity index (χ0v) is 8.82. The van der Waals surface area contributed by atoms with Crippen LogP contribution in [-0.4, -0.2) is 16.1 Å². The van der Waals surface area contributed by atoms with E-state index in [4.69, 9.17) is 16.7 Å². The number of carbonyl (C=O) groups is 1. The summed E-state index contributed by atoms with van der Waals surface area (Å²) in [6.07, 6.45) is 0. The molecule has 0 spiro atoms. The van der Waals surface area contributed by atoms with E-state index < -0.39 is 5.97 Å². The first-order valence-corrected chi connectivity index (χ1v) is 5.13. The van der Waals surface area contributed by atoms with Crippen LogP contribution in [0.15, 0.2) is 11.4 Å². The van der Waals surface area contributed by atoms with Crippen molar-refractivity contribution in [3.8, 4) is 0 Å². The third-order valence-corrected chi connectivity index (χ3v) is 3.20. The largest absolute Gasteiger partial charge is 0.478 e. The Kier molecular flexibility index (Phi) is 2.17. The van der Waals surface area contributed by atoms with Gasteiger partial charge in [0.05, 0.1) is 16.3 Å². The number of thiophene rings is 1. The van der Waals surface area contributed by atoms with Crippen LogP contribution in [0.5, 0.6) is 0 Å². The number of carboxylic acids is 1. The fourth-order valence-electron chi connectivity index (χ4n) is 1.29. The van der Waals surface area contributed by atoms with E-state index in [1.807, 2.05) is 0 Å². The third-order valence-electron chi connectivity index (χ3n) is 1.93.